The third kappa shape index (κ3) is 2.92. The lowest BCUT2D eigenvalue weighted by molar-refractivity contribution is -0.219. The Morgan fingerprint density at radius 1 is 0.806 bits per heavy atom. The Labute approximate surface area is 215 Å². The molecule has 5 aliphatic carbocycles. The maximum atomic E-state index is 12.8. The van der Waals surface area contributed by atoms with Gasteiger partial charge in [0, 0.05) is 5.92 Å². The molecule has 4 N–H and O–H groups in total. The van der Waals surface area contributed by atoms with Crippen molar-refractivity contribution in [2.45, 2.75) is 112 Å². The van der Waals surface area contributed by atoms with Gasteiger partial charge in [0.2, 0.25) is 0 Å². The second-order valence-electron chi connectivity index (χ2n) is 14.9. The summed E-state index contributed by atoms with van der Waals surface area (Å²) in [5, 5.41) is 43.1. The van der Waals surface area contributed by atoms with Crippen molar-refractivity contribution in [1.82, 2.24) is 0 Å². The first-order chi connectivity index (χ1) is 16.5. The number of hydrogen-bond donors (Lipinski definition) is 4. The standard InChI is InChI=1S/C30H46O6/c1-25(2)19-9-12-28(5)20(27(19,4)11-10-21(25)31)8-7-17-18-15-26(3,23(33)34)13-14-30(18,24(35)36)22(32)16-29(17,28)6/h7,18-22,31-32H,8-16H2,1-6H3,(H,33,34)(H,35,36)/t18-,19-,20+,21-,22+,26+,27-,28+,29+,30+/m0/s1. The molecule has 0 saturated heterocycles. The molecule has 0 radical (unpaired) electrons. The lowest BCUT2D eigenvalue weighted by atomic mass is 9.33. The summed E-state index contributed by atoms with van der Waals surface area (Å²) in [6.07, 6.45) is 6.70. The Morgan fingerprint density at radius 2 is 1.47 bits per heavy atom. The molecule has 0 aliphatic heterocycles. The molecule has 202 valence electrons. The molecule has 4 fully saturated rings. The van der Waals surface area contributed by atoms with Crippen molar-refractivity contribution in [2.24, 2.45) is 50.2 Å². The Hall–Kier alpha value is -1.40. The molecule has 0 heterocycles. The van der Waals surface area contributed by atoms with E-state index >= 15 is 0 Å². The number of allylic oxidation sites excluding steroid dienone is 2. The first-order valence-electron chi connectivity index (χ1n) is 14.0. The lowest BCUT2D eigenvalue weighted by Crippen LogP contribution is -2.67. The van der Waals surface area contributed by atoms with Gasteiger partial charge in [-0.1, -0.05) is 46.3 Å². The second-order valence-corrected chi connectivity index (χ2v) is 14.9. The predicted octanol–water partition coefficient (Wildman–Crippen LogP) is 5.27. The van der Waals surface area contributed by atoms with Crippen LogP contribution in [-0.2, 0) is 9.59 Å². The van der Waals surface area contributed by atoms with E-state index in [0.717, 1.165) is 37.7 Å². The van der Waals surface area contributed by atoms with Crippen LogP contribution in [0.4, 0.5) is 0 Å². The minimum absolute atomic E-state index is 0.0508. The topological polar surface area (TPSA) is 115 Å². The molecule has 0 spiro atoms. The number of rotatable bonds is 2. The van der Waals surface area contributed by atoms with Gasteiger partial charge in [0.25, 0.3) is 0 Å². The van der Waals surface area contributed by atoms with Crippen molar-refractivity contribution in [3.05, 3.63) is 11.6 Å². The average molecular weight is 503 g/mol. The Kier molecular flexibility index (Phi) is 5.53. The van der Waals surface area contributed by atoms with E-state index in [1.54, 1.807) is 6.92 Å². The molecular formula is C30H46O6. The molecule has 4 saturated carbocycles. The van der Waals surface area contributed by atoms with Gasteiger partial charge in [0.1, 0.15) is 5.41 Å². The zero-order chi connectivity index (χ0) is 26.7. The van der Waals surface area contributed by atoms with Crippen LogP contribution in [0.25, 0.3) is 0 Å². The number of carboxylic acids is 2. The van der Waals surface area contributed by atoms with E-state index in [4.69, 9.17) is 0 Å². The van der Waals surface area contributed by atoms with Crippen molar-refractivity contribution in [1.29, 1.82) is 0 Å². The van der Waals surface area contributed by atoms with Gasteiger partial charge >= 0.3 is 11.9 Å². The summed E-state index contributed by atoms with van der Waals surface area (Å²) >= 11 is 0. The van der Waals surface area contributed by atoms with E-state index in [0.29, 0.717) is 18.3 Å². The van der Waals surface area contributed by atoms with Crippen LogP contribution in [0.15, 0.2) is 11.6 Å². The van der Waals surface area contributed by atoms with Gasteiger partial charge in [-0.05, 0) is 98.2 Å². The quantitative estimate of drug-likeness (QED) is 0.383. The van der Waals surface area contributed by atoms with Crippen LogP contribution < -0.4 is 0 Å². The molecule has 0 amide bonds. The summed E-state index contributed by atoms with van der Waals surface area (Å²) in [7, 11) is 0. The fourth-order valence-corrected chi connectivity index (χ4v) is 10.7. The molecular weight excluding hydrogens is 456 g/mol. The number of aliphatic hydroxyl groups excluding tert-OH is 2. The zero-order valence-electron chi connectivity index (χ0n) is 22.9. The third-order valence-electron chi connectivity index (χ3n) is 13.4. The SMILES string of the molecule is CC1(C)[C@@H](O)CC[C@]2(C)[C@H]3CC=C4[C@@H]5C[C@](C)(C(=O)O)CC[C@]5(C(=O)O)[C@H](O)C[C@@]4(C)[C@]3(C)CC[C@@H]12. The Balaban J connectivity index is 1.64. The molecule has 0 aromatic rings. The first kappa shape index (κ1) is 26.2. The van der Waals surface area contributed by atoms with E-state index in [1.807, 2.05) is 0 Å². The van der Waals surface area contributed by atoms with Gasteiger partial charge in [-0.25, -0.2) is 0 Å². The average Bonchev–Trinajstić information content (AvgIpc) is 2.77. The zero-order valence-corrected chi connectivity index (χ0v) is 22.9. The Morgan fingerprint density at radius 3 is 2.08 bits per heavy atom. The van der Waals surface area contributed by atoms with Crippen molar-refractivity contribution in [3.63, 3.8) is 0 Å². The highest BCUT2D eigenvalue weighted by Gasteiger charge is 2.71. The monoisotopic (exact) mass is 502 g/mol. The molecule has 5 rings (SSSR count). The van der Waals surface area contributed by atoms with Gasteiger partial charge < -0.3 is 20.4 Å². The second kappa shape index (κ2) is 7.59. The van der Waals surface area contributed by atoms with Crippen molar-refractivity contribution >= 4 is 11.9 Å². The number of carbonyl (C=O) groups is 2. The maximum Gasteiger partial charge on any atom is 0.312 e. The maximum absolute atomic E-state index is 12.8. The number of carboxylic acid groups (broad SMARTS) is 2. The van der Waals surface area contributed by atoms with Gasteiger partial charge in [0.05, 0.1) is 17.6 Å². The van der Waals surface area contributed by atoms with Crippen LogP contribution in [0.1, 0.15) is 99.3 Å². The molecule has 36 heavy (non-hydrogen) atoms. The van der Waals surface area contributed by atoms with Crippen LogP contribution >= 0.6 is 0 Å². The van der Waals surface area contributed by atoms with E-state index in [-0.39, 0.29) is 41.6 Å². The fourth-order valence-electron chi connectivity index (χ4n) is 10.7. The van der Waals surface area contributed by atoms with Crippen LogP contribution in [0.3, 0.4) is 0 Å². The van der Waals surface area contributed by atoms with Gasteiger partial charge in [-0.3, -0.25) is 9.59 Å². The molecule has 6 heteroatoms. The molecule has 0 unspecified atom stereocenters. The van der Waals surface area contributed by atoms with E-state index in [9.17, 15) is 30.0 Å². The number of hydrogen-bond acceptors (Lipinski definition) is 4. The predicted molar refractivity (Wildman–Crippen MR) is 136 cm³/mol. The van der Waals surface area contributed by atoms with Crippen molar-refractivity contribution < 1.29 is 30.0 Å². The number of aliphatic hydroxyl groups is 2. The van der Waals surface area contributed by atoms with Crippen molar-refractivity contribution in [3.8, 4) is 0 Å². The van der Waals surface area contributed by atoms with Crippen LogP contribution in [0.2, 0.25) is 0 Å². The summed E-state index contributed by atoms with van der Waals surface area (Å²) in [6, 6.07) is 0. The van der Waals surface area contributed by atoms with Crippen molar-refractivity contribution in [2.75, 3.05) is 0 Å². The van der Waals surface area contributed by atoms with Gasteiger partial charge in [-0.2, -0.15) is 0 Å². The normalized spacial score (nSPS) is 53.7. The van der Waals surface area contributed by atoms with E-state index < -0.39 is 40.2 Å². The van der Waals surface area contributed by atoms with E-state index in [2.05, 4.69) is 40.7 Å². The molecule has 6 nitrogen and oxygen atoms in total. The van der Waals surface area contributed by atoms with Gasteiger partial charge in [-0.15, -0.1) is 0 Å². The van der Waals surface area contributed by atoms with Crippen LogP contribution in [0.5, 0.6) is 0 Å². The lowest BCUT2D eigenvalue weighted by Gasteiger charge is -2.71. The largest absolute Gasteiger partial charge is 0.481 e. The molecule has 0 aromatic heterocycles. The summed E-state index contributed by atoms with van der Waals surface area (Å²) in [5.41, 5.74) is -1.85. The highest BCUT2D eigenvalue weighted by molar-refractivity contribution is 5.80. The number of aliphatic carboxylic acids is 2. The molecule has 5 aliphatic rings. The first-order valence-corrected chi connectivity index (χ1v) is 14.0. The minimum atomic E-state index is -1.32. The summed E-state index contributed by atoms with van der Waals surface area (Å²) in [6.45, 7) is 13.2. The summed E-state index contributed by atoms with van der Waals surface area (Å²) in [5.74, 6) is -1.57. The van der Waals surface area contributed by atoms with Gasteiger partial charge in [0.15, 0.2) is 0 Å². The summed E-state index contributed by atoms with van der Waals surface area (Å²) in [4.78, 5) is 25.1. The molecule has 0 aromatic carbocycles. The Bertz CT molecular complexity index is 1020. The minimum Gasteiger partial charge on any atom is -0.481 e. The third-order valence-corrected chi connectivity index (χ3v) is 13.4. The highest BCUT2D eigenvalue weighted by Crippen LogP contribution is 2.75. The van der Waals surface area contributed by atoms with Crippen LogP contribution in [0, 0.1) is 50.2 Å². The summed E-state index contributed by atoms with van der Waals surface area (Å²) < 4.78 is 0. The molecule has 10 atom stereocenters. The highest BCUT2D eigenvalue weighted by atomic mass is 16.4. The smallest absolute Gasteiger partial charge is 0.312 e. The molecule has 0 bridgehead atoms. The van der Waals surface area contributed by atoms with E-state index in [1.165, 1.54) is 0 Å². The van der Waals surface area contributed by atoms with Crippen LogP contribution in [-0.4, -0.2) is 44.6 Å². The fraction of sp³-hybridized carbons (Fsp3) is 0.867. The number of fused-ring (bicyclic) bond motifs is 7.